The van der Waals surface area contributed by atoms with Crippen LogP contribution in [0.15, 0.2) is 0 Å². The Morgan fingerprint density at radius 2 is 0.930 bits per heavy atom. The van der Waals surface area contributed by atoms with E-state index in [1.54, 1.807) is 13.8 Å². The van der Waals surface area contributed by atoms with Gasteiger partial charge in [-0.25, -0.2) is 0 Å². The van der Waals surface area contributed by atoms with Crippen molar-refractivity contribution in [1.29, 1.82) is 0 Å². The zero-order chi connectivity index (χ0) is 30.4. The number of hydrogen-bond donors (Lipinski definition) is 0. The lowest BCUT2D eigenvalue weighted by atomic mass is 9.85. The van der Waals surface area contributed by atoms with Crippen molar-refractivity contribution in [2.45, 2.75) is 107 Å². The van der Waals surface area contributed by atoms with Gasteiger partial charge in [0, 0.05) is 67.5 Å². The summed E-state index contributed by atoms with van der Waals surface area (Å²) in [5, 5.41) is 0. The molecule has 0 atom stereocenters. The van der Waals surface area contributed by atoms with Gasteiger partial charge in [0.1, 0.15) is 0 Å². The molecule has 2 spiro atoms. The fourth-order valence-electron chi connectivity index (χ4n) is 7.70. The highest BCUT2D eigenvalue weighted by Crippen LogP contribution is 2.67. The maximum Gasteiger partial charge on any atom is 0.380 e. The Hall–Kier alpha value is -1.44. The highest BCUT2D eigenvalue weighted by molar-refractivity contribution is 7.12. The molecule has 3 aliphatic carbocycles. The molecule has 2 aromatic rings. The zero-order valence-electron chi connectivity index (χ0n) is 24.1. The maximum atomic E-state index is 16.1. The van der Waals surface area contributed by atoms with Crippen LogP contribution in [0.4, 0.5) is 26.3 Å². The predicted octanol–water partition coefficient (Wildman–Crippen LogP) is 8.28. The van der Waals surface area contributed by atoms with Gasteiger partial charge in [0.25, 0.3) is 0 Å². The predicted molar refractivity (Wildman–Crippen MR) is 152 cm³/mol. The van der Waals surface area contributed by atoms with Gasteiger partial charge in [-0.05, 0) is 63.5 Å². The van der Waals surface area contributed by atoms with E-state index < -0.39 is 40.5 Å². The third kappa shape index (κ3) is 4.44. The normalized spacial score (nSPS) is 27.2. The highest BCUT2D eigenvalue weighted by Gasteiger charge is 2.80. The fraction of sp³-hybridized carbons (Fsp3) is 0.677. The van der Waals surface area contributed by atoms with Gasteiger partial charge in [-0.1, -0.05) is 0 Å². The summed E-state index contributed by atoms with van der Waals surface area (Å²) in [4.78, 5) is 1.99. The molecule has 0 bridgehead atoms. The maximum absolute atomic E-state index is 16.1. The van der Waals surface area contributed by atoms with Crippen molar-refractivity contribution in [3.8, 4) is 0 Å². The first-order valence-electron chi connectivity index (χ1n) is 15.0. The van der Waals surface area contributed by atoms with Crippen molar-refractivity contribution in [2.75, 3.05) is 26.4 Å². The van der Waals surface area contributed by atoms with Crippen LogP contribution in [0, 0.1) is 13.8 Å². The second kappa shape index (κ2) is 10.3. The Bertz CT molecular complexity index is 1360. The SMILES string of the molecule is Cc1sc2c(c1C1=C(c3c(C)sc4c3CCCCC3(C4)OCCO3)C(F)(F)C(F)(F)C1(F)F)CCCCC1(C2)OCCO1. The van der Waals surface area contributed by atoms with Gasteiger partial charge in [0.2, 0.25) is 0 Å². The van der Waals surface area contributed by atoms with Crippen LogP contribution in [0.3, 0.4) is 0 Å². The monoisotopic (exact) mass is 648 g/mol. The lowest BCUT2D eigenvalue weighted by molar-refractivity contribution is -0.254. The number of hydrogen-bond acceptors (Lipinski definition) is 6. The van der Waals surface area contributed by atoms with Gasteiger partial charge in [0.15, 0.2) is 11.6 Å². The van der Waals surface area contributed by atoms with Gasteiger partial charge in [0.05, 0.1) is 26.4 Å². The molecule has 0 radical (unpaired) electrons. The Labute approximate surface area is 254 Å². The Morgan fingerprint density at radius 1 is 0.558 bits per heavy atom. The molecular formula is C31H34F6O4S2. The molecule has 0 saturated carbocycles. The van der Waals surface area contributed by atoms with Crippen molar-refractivity contribution >= 4 is 33.8 Å². The molecule has 0 N–H and O–H groups in total. The number of alkyl halides is 6. The van der Waals surface area contributed by atoms with E-state index in [-0.39, 0.29) is 24.0 Å². The van der Waals surface area contributed by atoms with Gasteiger partial charge >= 0.3 is 17.8 Å². The minimum atomic E-state index is -5.60. The number of allylic oxidation sites excluding steroid dienone is 2. The number of rotatable bonds is 2. The number of aryl methyl sites for hydroxylation is 2. The summed E-state index contributed by atoms with van der Waals surface area (Å²) < 4.78 is 119. The standard InChI is InChI=1S/C31H34F6O4S2/c1-17-23(19-7-3-5-9-27(15-21(19)42-17)38-11-12-39-27)25-26(30(34,35)31(36,37)29(25,32)33)24-18(2)43-22-16-28(40-13-14-41-28)10-6-4-8-20(22)24/h3-16H2,1-2H3. The summed E-state index contributed by atoms with van der Waals surface area (Å²) in [5.74, 6) is -17.6. The first-order valence-corrected chi connectivity index (χ1v) is 16.6. The number of ether oxygens (including phenoxy) is 4. The average molecular weight is 649 g/mol. The van der Waals surface area contributed by atoms with E-state index in [2.05, 4.69) is 0 Å². The molecule has 0 aromatic carbocycles. The van der Waals surface area contributed by atoms with E-state index in [4.69, 9.17) is 18.9 Å². The summed E-state index contributed by atoms with van der Waals surface area (Å²) >= 11 is 2.38. The second-order valence-corrected chi connectivity index (χ2v) is 14.9. The Balaban J connectivity index is 1.46. The summed E-state index contributed by atoms with van der Waals surface area (Å²) in [6.45, 7) is 4.73. The van der Waals surface area contributed by atoms with Crippen LogP contribution in [0.2, 0.25) is 0 Å². The molecule has 4 heterocycles. The molecule has 0 unspecified atom stereocenters. The number of fused-ring (bicyclic) bond motifs is 2. The minimum absolute atomic E-state index is 0.156. The van der Waals surface area contributed by atoms with Crippen LogP contribution < -0.4 is 0 Å². The minimum Gasteiger partial charge on any atom is -0.347 e. The summed E-state index contributed by atoms with van der Waals surface area (Å²) in [6, 6.07) is 0. The van der Waals surface area contributed by atoms with Crippen molar-refractivity contribution < 1.29 is 45.3 Å². The van der Waals surface area contributed by atoms with Gasteiger partial charge in [-0.2, -0.15) is 26.3 Å². The molecule has 4 nitrogen and oxygen atoms in total. The van der Waals surface area contributed by atoms with E-state index in [0.717, 1.165) is 0 Å². The molecule has 5 aliphatic rings. The van der Waals surface area contributed by atoms with Crippen LogP contribution in [-0.4, -0.2) is 55.8 Å². The van der Waals surface area contributed by atoms with E-state index in [1.165, 1.54) is 22.7 Å². The third-order valence-corrected chi connectivity index (χ3v) is 12.0. The van der Waals surface area contributed by atoms with Crippen molar-refractivity contribution in [1.82, 2.24) is 0 Å². The van der Waals surface area contributed by atoms with Crippen LogP contribution in [0.1, 0.15) is 80.3 Å². The van der Waals surface area contributed by atoms with Crippen molar-refractivity contribution in [3.05, 3.63) is 41.8 Å². The van der Waals surface area contributed by atoms with Crippen molar-refractivity contribution in [3.63, 3.8) is 0 Å². The van der Waals surface area contributed by atoms with Crippen LogP contribution in [0.25, 0.3) is 11.1 Å². The highest BCUT2D eigenvalue weighted by atomic mass is 32.1. The number of halogens is 6. The Morgan fingerprint density at radius 3 is 1.30 bits per heavy atom. The van der Waals surface area contributed by atoms with Gasteiger partial charge in [-0.15, -0.1) is 22.7 Å². The second-order valence-electron chi connectivity index (χ2n) is 12.3. The van der Waals surface area contributed by atoms with Crippen molar-refractivity contribution in [2.24, 2.45) is 0 Å². The summed E-state index contributed by atoms with van der Waals surface area (Å²) in [5.41, 5.74) is -1.90. The lowest BCUT2D eigenvalue weighted by Crippen LogP contribution is -2.49. The van der Waals surface area contributed by atoms with E-state index in [1.807, 2.05) is 0 Å². The van der Waals surface area contributed by atoms with E-state index in [0.29, 0.717) is 108 Å². The molecule has 2 saturated heterocycles. The molecule has 7 rings (SSSR count). The Kier molecular flexibility index (Phi) is 7.23. The molecule has 2 fully saturated rings. The van der Waals surface area contributed by atoms with Gasteiger partial charge in [-0.3, -0.25) is 0 Å². The van der Waals surface area contributed by atoms with Crippen LogP contribution in [0.5, 0.6) is 0 Å². The molecule has 0 amide bonds. The van der Waals surface area contributed by atoms with Crippen LogP contribution in [-0.2, 0) is 44.6 Å². The summed E-state index contributed by atoms with van der Waals surface area (Å²) in [7, 11) is 0. The average Bonchev–Trinajstić information content (AvgIpc) is 3.71. The van der Waals surface area contributed by atoms with Crippen LogP contribution >= 0.6 is 22.7 Å². The third-order valence-electron chi connectivity index (χ3n) is 9.66. The molecule has 12 heteroatoms. The first kappa shape index (κ1) is 30.2. The first-order chi connectivity index (χ1) is 20.3. The smallest absolute Gasteiger partial charge is 0.347 e. The molecule has 2 aliphatic heterocycles. The van der Waals surface area contributed by atoms with Gasteiger partial charge < -0.3 is 18.9 Å². The summed E-state index contributed by atoms with van der Waals surface area (Å²) in [6.07, 6.45) is 4.91. The van der Waals surface area contributed by atoms with E-state index in [9.17, 15) is 0 Å². The molecule has 236 valence electrons. The zero-order valence-corrected chi connectivity index (χ0v) is 25.7. The lowest BCUT2D eigenvalue weighted by Gasteiger charge is -2.30. The molecule has 43 heavy (non-hydrogen) atoms. The quantitative estimate of drug-likeness (QED) is 0.307. The molecule has 2 aromatic heterocycles. The topological polar surface area (TPSA) is 36.9 Å². The fourth-order valence-corrected chi connectivity index (χ4v) is 10.3. The number of thiophene rings is 2. The largest absolute Gasteiger partial charge is 0.380 e. The molecular weight excluding hydrogens is 614 g/mol. The van der Waals surface area contributed by atoms with E-state index >= 15 is 26.3 Å².